The molecule has 0 bridgehead atoms. The Bertz CT molecular complexity index is 231. The normalized spacial score (nSPS) is 25.6. The van der Waals surface area contributed by atoms with E-state index in [1.807, 2.05) is 6.92 Å². The van der Waals surface area contributed by atoms with Gasteiger partial charge in [0.15, 0.2) is 0 Å². The van der Waals surface area contributed by atoms with Gasteiger partial charge < -0.3 is 11.1 Å². The smallest absolute Gasteiger partial charge is 0.223 e. The van der Waals surface area contributed by atoms with Crippen molar-refractivity contribution in [3.8, 4) is 0 Å². The summed E-state index contributed by atoms with van der Waals surface area (Å²) in [7, 11) is 0. The van der Waals surface area contributed by atoms with Crippen LogP contribution in [0.2, 0.25) is 0 Å². The first-order valence-corrected chi connectivity index (χ1v) is 5.65. The van der Waals surface area contributed by atoms with Gasteiger partial charge in [-0.2, -0.15) is 0 Å². The molecule has 1 atom stereocenters. The van der Waals surface area contributed by atoms with Crippen molar-refractivity contribution in [2.24, 2.45) is 23.0 Å². The average Bonchev–Trinajstić information content (AvgIpc) is 3.04. The molecule has 0 aliphatic heterocycles. The number of nitrogens with one attached hydrogen (secondary N) is 1. The second kappa shape index (κ2) is 3.54. The highest BCUT2D eigenvalue weighted by Gasteiger charge is 2.42. The number of nitrogens with two attached hydrogens (primary N) is 1. The molecule has 0 aromatic heterocycles. The van der Waals surface area contributed by atoms with Gasteiger partial charge in [-0.1, -0.05) is 6.92 Å². The van der Waals surface area contributed by atoms with E-state index < -0.39 is 0 Å². The van der Waals surface area contributed by atoms with E-state index in [0.29, 0.717) is 12.5 Å². The molecule has 1 unspecified atom stereocenters. The summed E-state index contributed by atoms with van der Waals surface area (Å²) in [5.41, 5.74) is 5.91. The molecule has 2 aliphatic carbocycles. The van der Waals surface area contributed by atoms with Crippen LogP contribution in [0.25, 0.3) is 0 Å². The Balaban J connectivity index is 1.71. The molecule has 0 aromatic rings. The minimum absolute atomic E-state index is 0.212. The Hall–Kier alpha value is -0.570. The Morgan fingerprint density at radius 3 is 2.64 bits per heavy atom. The molecule has 0 heterocycles. The maximum atomic E-state index is 11.7. The van der Waals surface area contributed by atoms with E-state index in [-0.39, 0.29) is 17.2 Å². The third-order valence-corrected chi connectivity index (χ3v) is 3.77. The van der Waals surface area contributed by atoms with Gasteiger partial charge >= 0.3 is 0 Å². The molecular formula is C11H20N2O. The highest BCUT2D eigenvalue weighted by Crippen LogP contribution is 2.44. The monoisotopic (exact) mass is 196 g/mol. The number of hydrogen-bond donors (Lipinski definition) is 2. The van der Waals surface area contributed by atoms with Crippen molar-refractivity contribution in [1.82, 2.24) is 5.32 Å². The Morgan fingerprint density at radius 2 is 2.21 bits per heavy atom. The second-order valence-corrected chi connectivity index (χ2v) is 5.05. The first kappa shape index (κ1) is 9.97. The van der Waals surface area contributed by atoms with Gasteiger partial charge in [-0.15, -0.1) is 0 Å². The molecule has 2 fully saturated rings. The molecule has 0 saturated heterocycles. The van der Waals surface area contributed by atoms with Gasteiger partial charge in [0.25, 0.3) is 0 Å². The van der Waals surface area contributed by atoms with Crippen LogP contribution in [0, 0.1) is 17.3 Å². The van der Waals surface area contributed by atoms with Crippen molar-refractivity contribution in [3.05, 3.63) is 0 Å². The van der Waals surface area contributed by atoms with Gasteiger partial charge in [-0.3, -0.25) is 4.79 Å². The van der Waals surface area contributed by atoms with Crippen LogP contribution in [-0.4, -0.2) is 19.0 Å². The molecule has 2 aliphatic rings. The van der Waals surface area contributed by atoms with E-state index >= 15 is 0 Å². The molecule has 1 amide bonds. The number of amides is 1. The van der Waals surface area contributed by atoms with Crippen LogP contribution in [-0.2, 0) is 4.79 Å². The van der Waals surface area contributed by atoms with Crippen LogP contribution in [0.5, 0.6) is 0 Å². The second-order valence-electron chi connectivity index (χ2n) is 5.05. The van der Waals surface area contributed by atoms with E-state index in [1.54, 1.807) is 0 Å². The zero-order valence-corrected chi connectivity index (χ0v) is 8.88. The number of rotatable bonds is 5. The summed E-state index contributed by atoms with van der Waals surface area (Å²) < 4.78 is 0. The van der Waals surface area contributed by atoms with E-state index in [0.717, 1.165) is 6.54 Å². The summed E-state index contributed by atoms with van der Waals surface area (Å²) in [5, 5.41) is 3.04. The molecule has 0 aromatic carbocycles. The molecule has 2 saturated carbocycles. The SMILES string of the molecule is CC(C(=O)NCC1(CN)CC1)C1CC1. The van der Waals surface area contributed by atoms with Gasteiger partial charge in [-0.25, -0.2) is 0 Å². The lowest BCUT2D eigenvalue weighted by atomic mass is 10.0. The highest BCUT2D eigenvalue weighted by atomic mass is 16.1. The maximum absolute atomic E-state index is 11.7. The van der Waals surface area contributed by atoms with Crippen molar-refractivity contribution >= 4 is 5.91 Å². The van der Waals surface area contributed by atoms with Crippen molar-refractivity contribution in [2.45, 2.75) is 32.6 Å². The topological polar surface area (TPSA) is 55.1 Å². The van der Waals surface area contributed by atoms with E-state index in [9.17, 15) is 4.79 Å². The van der Waals surface area contributed by atoms with Crippen molar-refractivity contribution < 1.29 is 4.79 Å². The van der Waals surface area contributed by atoms with Crippen LogP contribution < -0.4 is 11.1 Å². The number of hydrogen-bond acceptors (Lipinski definition) is 2. The Labute approximate surface area is 85.4 Å². The minimum atomic E-state index is 0.212. The van der Waals surface area contributed by atoms with Crippen LogP contribution in [0.1, 0.15) is 32.6 Å². The van der Waals surface area contributed by atoms with Gasteiger partial charge in [0.2, 0.25) is 5.91 Å². The molecule has 2 rings (SSSR count). The van der Waals surface area contributed by atoms with Crippen LogP contribution in [0.4, 0.5) is 0 Å². The summed E-state index contributed by atoms with van der Waals surface area (Å²) >= 11 is 0. The van der Waals surface area contributed by atoms with E-state index in [1.165, 1.54) is 25.7 Å². The largest absolute Gasteiger partial charge is 0.355 e. The zero-order valence-electron chi connectivity index (χ0n) is 8.88. The van der Waals surface area contributed by atoms with Crippen molar-refractivity contribution in [1.29, 1.82) is 0 Å². The van der Waals surface area contributed by atoms with E-state index in [4.69, 9.17) is 5.73 Å². The Kier molecular flexibility index (Phi) is 2.52. The molecule has 3 nitrogen and oxygen atoms in total. The maximum Gasteiger partial charge on any atom is 0.223 e. The fourth-order valence-electron chi connectivity index (χ4n) is 1.88. The minimum Gasteiger partial charge on any atom is -0.355 e. The van der Waals surface area contributed by atoms with Crippen molar-refractivity contribution in [2.75, 3.05) is 13.1 Å². The molecule has 3 N–H and O–H groups in total. The lowest BCUT2D eigenvalue weighted by Gasteiger charge is -2.16. The molecule has 14 heavy (non-hydrogen) atoms. The molecule has 3 heteroatoms. The summed E-state index contributed by atoms with van der Waals surface area (Å²) in [6, 6.07) is 0. The summed E-state index contributed by atoms with van der Waals surface area (Å²) in [4.78, 5) is 11.7. The van der Waals surface area contributed by atoms with Gasteiger partial charge in [-0.05, 0) is 43.6 Å². The molecule has 0 radical (unpaired) electrons. The number of carbonyl (C=O) groups excluding carboxylic acids is 1. The standard InChI is InChI=1S/C11H20N2O/c1-8(9-2-3-9)10(14)13-7-11(6-12)4-5-11/h8-9H,2-7,12H2,1H3,(H,13,14). The zero-order chi connectivity index (χ0) is 10.2. The van der Waals surface area contributed by atoms with Crippen LogP contribution in [0.15, 0.2) is 0 Å². The predicted molar refractivity (Wildman–Crippen MR) is 55.6 cm³/mol. The first-order valence-electron chi connectivity index (χ1n) is 5.65. The molecule has 80 valence electrons. The third-order valence-electron chi connectivity index (χ3n) is 3.77. The van der Waals surface area contributed by atoms with Crippen LogP contribution in [0.3, 0.4) is 0 Å². The summed E-state index contributed by atoms with van der Waals surface area (Å²) in [5.74, 6) is 1.10. The summed E-state index contributed by atoms with van der Waals surface area (Å²) in [6.45, 7) is 3.54. The van der Waals surface area contributed by atoms with Crippen LogP contribution >= 0.6 is 0 Å². The summed E-state index contributed by atoms with van der Waals surface area (Å²) in [6.07, 6.45) is 4.83. The highest BCUT2D eigenvalue weighted by molar-refractivity contribution is 5.79. The fraction of sp³-hybridized carbons (Fsp3) is 0.909. The first-order chi connectivity index (χ1) is 6.67. The molecular weight excluding hydrogens is 176 g/mol. The third kappa shape index (κ3) is 2.08. The number of carbonyl (C=O) groups is 1. The fourth-order valence-corrected chi connectivity index (χ4v) is 1.88. The average molecular weight is 196 g/mol. The lowest BCUT2D eigenvalue weighted by molar-refractivity contribution is -0.125. The lowest BCUT2D eigenvalue weighted by Crippen LogP contribution is -2.37. The van der Waals surface area contributed by atoms with Crippen molar-refractivity contribution in [3.63, 3.8) is 0 Å². The predicted octanol–water partition coefficient (Wildman–Crippen LogP) is 0.888. The van der Waals surface area contributed by atoms with Gasteiger partial charge in [0.05, 0.1) is 0 Å². The van der Waals surface area contributed by atoms with Gasteiger partial charge in [0, 0.05) is 12.5 Å². The quantitative estimate of drug-likeness (QED) is 0.686. The Morgan fingerprint density at radius 1 is 1.57 bits per heavy atom. The van der Waals surface area contributed by atoms with E-state index in [2.05, 4.69) is 5.32 Å². The van der Waals surface area contributed by atoms with Gasteiger partial charge in [0.1, 0.15) is 0 Å². The molecule has 0 spiro atoms.